The maximum Gasteiger partial charge on any atom is 0.344 e. The molecular formula is C20H26ClN5O3. The molecule has 0 unspecified atom stereocenters. The molecule has 2 heterocycles. The largest absolute Gasteiger partial charge is 0.369 e. The van der Waals surface area contributed by atoms with Crippen LogP contribution in [0.5, 0.6) is 0 Å². The van der Waals surface area contributed by atoms with Crippen LogP contribution >= 0.6 is 11.6 Å². The molecule has 2 aliphatic heterocycles. The number of amides is 4. The molecule has 1 saturated carbocycles. The first-order valence-electron chi connectivity index (χ1n) is 10.2. The van der Waals surface area contributed by atoms with Crippen molar-refractivity contribution in [2.75, 3.05) is 37.6 Å². The Bertz CT molecular complexity index is 803. The van der Waals surface area contributed by atoms with Crippen molar-refractivity contribution in [2.45, 2.75) is 37.6 Å². The van der Waals surface area contributed by atoms with Gasteiger partial charge in [0.1, 0.15) is 5.54 Å². The van der Waals surface area contributed by atoms with E-state index in [0.717, 1.165) is 43.0 Å². The van der Waals surface area contributed by atoms with E-state index in [1.165, 1.54) is 0 Å². The highest BCUT2D eigenvalue weighted by Gasteiger charge is 2.52. The van der Waals surface area contributed by atoms with Crippen molar-refractivity contribution in [3.63, 3.8) is 0 Å². The Labute approximate surface area is 175 Å². The van der Waals surface area contributed by atoms with Crippen LogP contribution in [0.1, 0.15) is 32.1 Å². The van der Waals surface area contributed by atoms with E-state index in [2.05, 4.69) is 15.6 Å². The second-order valence-electron chi connectivity index (χ2n) is 7.99. The number of carbonyl (C=O) groups excluding carboxylic acids is 3. The molecule has 0 aromatic heterocycles. The minimum Gasteiger partial charge on any atom is -0.369 e. The van der Waals surface area contributed by atoms with Crippen LogP contribution in [0.25, 0.3) is 0 Å². The quantitative estimate of drug-likeness (QED) is 0.726. The summed E-state index contributed by atoms with van der Waals surface area (Å²) >= 11 is 6.07. The van der Waals surface area contributed by atoms with E-state index < -0.39 is 11.6 Å². The number of nitrogens with zero attached hydrogens (tertiary/aromatic N) is 3. The molecule has 29 heavy (non-hydrogen) atoms. The van der Waals surface area contributed by atoms with Gasteiger partial charge < -0.3 is 10.2 Å². The van der Waals surface area contributed by atoms with E-state index in [1.807, 2.05) is 29.2 Å². The van der Waals surface area contributed by atoms with Gasteiger partial charge in [0.25, 0.3) is 11.8 Å². The van der Waals surface area contributed by atoms with E-state index in [-0.39, 0.29) is 18.4 Å². The standard InChI is InChI=1S/C20H26ClN5O3/c21-15-5-4-6-16(13-15)25-11-9-24(10-12-25)14-17(27)23-26-18(28)20(22-19(26)29)7-2-1-3-8-20/h4-6,13H,1-3,7-12,14H2,(H,22,29)(H,23,27). The molecule has 0 bridgehead atoms. The zero-order chi connectivity index (χ0) is 20.4. The zero-order valence-corrected chi connectivity index (χ0v) is 17.1. The van der Waals surface area contributed by atoms with Crippen LogP contribution in [0.15, 0.2) is 24.3 Å². The summed E-state index contributed by atoms with van der Waals surface area (Å²) in [6.45, 7) is 3.13. The van der Waals surface area contributed by atoms with Crippen molar-refractivity contribution in [1.29, 1.82) is 0 Å². The lowest BCUT2D eigenvalue weighted by molar-refractivity contribution is -0.140. The number of hydrazine groups is 1. The summed E-state index contributed by atoms with van der Waals surface area (Å²) in [4.78, 5) is 41.7. The molecule has 4 rings (SSSR count). The van der Waals surface area contributed by atoms with Crippen molar-refractivity contribution in [1.82, 2.24) is 20.7 Å². The average molecular weight is 420 g/mol. The van der Waals surface area contributed by atoms with E-state index in [1.54, 1.807) is 0 Å². The summed E-state index contributed by atoms with van der Waals surface area (Å²) in [6.07, 6.45) is 4.15. The van der Waals surface area contributed by atoms with E-state index in [4.69, 9.17) is 11.6 Å². The zero-order valence-electron chi connectivity index (χ0n) is 16.3. The molecule has 2 saturated heterocycles. The van der Waals surface area contributed by atoms with Gasteiger partial charge in [-0.1, -0.05) is 36.9 Å². The predicted molar refractivity (Wildman–Crippen MR) is 109 cm³/mol. The number of hydrogen-bond donors (Lipinski definition) is 2. The van der Waals surface area contributed by atoms with Gasteiger partial charge >= 0.3 is 6.03 Å². The summed E-state index contributed by atoms with van der Waals surface area (Å²) in [5.41, 5.74) is 2.75. The van der Waals surface area contributed by atoms with Crippen LogP contribution in [0.2, 0.25) is 5.02 Å². The SMILES string of the molecule is O=C(CN1CCN(c2cccc(Cl)c2)CC1)NN1C(=O)NC2(CCCCC2)C1=O. The molecule has 9 heteroatoms. The Kier molecular flexibility index (Phi) is 5.65. The number of rotatable bonds is 4. The number of piperazine rings is 1. The fourth-order valence-corrected chi connectivity index (χ4v) is 4.60. The van der Waals surface area contributed by atoms with Gasteiger partial charge in [-0.25, -0.2) is 4.79 Å². The van der Waals surface area contributed by atoms with Gasteiger partial charge in [-0.15, -0.1) is 0 Å². The first-order chi connectivity index (χ1) is 14.0. The van der Waals surface area contributed by atoms with Gasteiger partial charge in [0, 0.05) is 36.9 Å². The summed E-state index contributed by atoms with van der Waals surface area (Å²) < 4.78 is 0. The normalized spacial score (nSPS) is 22.1. The third kappa shape index (κ3) is 4.18. The van der Waals surface area contributed by atoms with Crippen molar-refractivity contribution in [3.05, 3.63) is 29.3 Å². The maximum atomic E-state index is 12.7. The lowest BCUT2D eigenvalue weighted by Gasteiger charge is -2.36. The Morgan fingerprint density at radius 2 is 1.83 bits per heavy atom. The van der Waals surface area contributed by atoms with Gasteiger partial charge in [-0.3, -0.25) is 19.9 Å². The van der Waals surface area contributed by atoms with Crippen molar-refractivity contribution < 1.29 is 14.4 Å². The molecule has 3 fully saturated rings. The van der Waals surface area contributed by atoms with Crippen molar-refractivity contribution in [2.24, 2.45) is 0 Å². The minimum absolute atomic E-state index is 0.146. The molecule has 0 atom stereocenters. The molecule has 1 spiro atoms. The highest BCUT2D eigenvalue weighted by Crippen LogP contribution is 2.33. The predicted octanol–water partition coefficient (Wildman–Crippen LogP) is 1.75. The van der Waals surface area contributed by atoms with Crippen LogP contribution in [0.4, 0.5) is 10.5 Å². The van der Waals surface area contributed by atoms with Gasteiger partial charge in [0.15, 0.2) is 0 Å². The number of carbonyl (C=O) groups is 3. The molecule has 1 aromatic carbocycles. The number of benzene rings is 1. The Morgan fingerprint density at radius 3 is 2.52 bits per heavy atom. The van der Waals surface area contributed by atoms with Crippen LogP contribution < -0.4 is 15.6 Å². The monoisotopic (exact) mass is 419 g/mol. The van der Waals surface area contributed by atoms with Gasteiger partial charge in [-0.2, -0.15) is 5.01 Å². The molecule has 8 nitrogen and oxygen atoms in total. The summed E-state index contributed by atoms with van der Waals surface area (Å²) in [7, 11) is 0. The van der Waals surface area contributed by atoms with Crippen LogP contribution in [-0.4, -0.2) is 66.0 Å². The molecule has 4 amide bonds. The number of nitrogens with one attached hydrogen (secondary N) is 2. The van der Waals surface area contributed by atoms with Crippen LogP contribution in [-0.2, 0) is 9.59 Å². The van der Waals surface area contributed by atoms with E-state index in [9.17, 15) is 14.4 Å². The van der Waals surface area contributed by atoms with Crippen LogP contribution in [0, 0.1) is 0 Å². The highest BCUT2D eigenvalue weighted by atomic mass is 35.5. The molecular weight excluding hydrogens is 394 g/mol. The van der Waals surface area contributed by atoms with Crippen molar-refractivity contribution >= 4 is 35.1 Å². The van der Waals surface area contributed by atoms with Crippen molar-refractivity contribution in [3.8, 4) is 0 Å². The Hall–Kier alpha value is -2.32. The van der Waals surface area contributed by atoms with Gasteiger partial charge in [-0.05, 0) is 31.0 Å². The summed E-state index contributed by atoms with van der Waals surface area (Å²) in [5.74, 6) is -0.682. The van der Waals surface area contributed by atoms with Gasteiger partial charge in [0.2, 0.25) is 0 Å². The number of urea groups is 1. The number of halogens is 1. The minimum atomic E-state index is -0.828. The second kappa shape index (κ2) is 8.20. The molecule has 1 aromatic rings. The fourth-order valence-electron chi connectivity index (χ4n) is 4.42. The molecule has 156 valence electrons. The maximum absolute atomic E-state index is 12.7. The summed E-state index contributed by atoms with van der Waals surface area (Å²) in [5, 5.41) is 4.37. The first-order valence-corrected chi connectivity index (χ1v) is 10.5. The molecule has 3 aliphatic rings. The molecule has 2 N–H and O–H groups in total. The number of imide groups is 1. The topological polar surface area (TPSA) is 85.0 Å². The highest BCUT2D eigenvalue weighted by molar-refractivity contribution is 6.30. The molecule has 1 aliphatic carbocycles. The third-order valence-electron chi connectivity index (χ3n) is 6.02. The van der Waals surface area contributed by atoms with E-state index >= 15 is 0 Å². The van der Waals surface area contributed by atoms with Crippen LogP contribution in [0.3, 0.4) is 0 Å². The smallest absolute Gasteiger partial charge is 0.344 e. The number of hydrogen-bond acceptors (Lipinski definition) is 5. The Balaban J connectivity index is 1.28. The Morgan fingerprint density at radius 1 is 1.10 bits per heavy atom. The summed E-state index contributed by atoms with van der Waals surface area (Å²) in [6, 6.07) is 7.19. The second-order valence-corrected chi connectivity index (χ2v) is 8.43. The lowest BCUT2D eigenvalue weighted by Crippen LogP contribution is -2.54. The van der Waals surface area contributed by atoms with Gasteiger partial charge in [0.05, 0.1) is 6.54 Å². The molecule has 0 radical (unpaired) electrons. The van der Waals surface area contributed by atoms with E-state index in [0.29, 0.717) is 31.0 Å². The average Bonchev–Trinajstić information content (AvgIpc) is 2.93. The first kappa shape index (κ1) is 20.0. The number of anilines is 1. The lowest BCUT2D eigenvalue weighted by atomic mass is 9.82. The fraction of sp³-hybridized carbons (Fsp3) is 0.550. The third-order valence-corrected chi connectivity index (χ3v) is 6.25.